The van der Waals surface area contributed by atoms with Gasteiger partial charge < -0.3 is 52.8 Å². The summed E-state index contributed by atoms with van der Waals surface area (Å²) in [4.78, 5) is 34.0. The van der Waals surface area contributed by atoms with Gasteiger partial charge in [-0.25, -0.2) is 0 Å². The molecule has 0 aromatic rings. The number of carbonyl (C=O) groups is 3. The SMILES string of the molecule is CCC(C)C(=O)OCCOCCOCC(C)OCCO.CCC(C)C(=O)OCCOCCOCC(C)OCCO.CCCCCCCCOC(=O)C(C)CC. The van der Waals surface area contributed by atoms with E-state index in [4.69, 9.17) is 52.8 Å². The third-order valence-electron chi connectivity index (χ3n) is 8.17. The summed E-state index contributed by atoms with van der Waals surface area (Å²) in [5.74, 6) is -0.446. The van der Waals surface area contributed by atoms with Gasteiger partial charge in [-0.3, -0.25) is 14.4 Å². The maximum absolute atomic E-state index is 11.3. The Labute approximate surface area is 333 Å². The standard InChI is InChI=1S/2C14H28O6.C13H26O2/c2*1-4-12(2)14(16)20-10-9-17-7-8-18-11-13(3)19-6-5-15;1-4-6-7-8-9-10-11-15-13(14)12(3)5-2/h2*12-13,15H,4-11H2,1-3H3;12H,4-11H2,1-3H3. The minimum Gasteiger partial charge on any atom is -0.465 e. The molecule has 0 saturated heterocycles. The van der Waals surface area contributed by atoms with E-state index in [9.17, 15) is 14.4 Å². The molecular weight excluding hydrogens is 716 g/mol. The van der Waals surface area contributed by atoms with Crippen LogP contribution in [-0.2, 0) is 57.0 Å². The minimum atomic E-state index is -0.179. The van der Waals surface area contributed by atoms with Gasteiger partial charge in [0, 0.05) is 0 Å². The van der Waals surface area contributed by atoms with E-state index in [0.29, 0.717) is 72.7 Å². The zero-order valence-corrected chi connectivity index (χ0v) is 36.2. The number of hydrogen-bond acceptors (Lipinski definition) is 14. The number of aliphatic hydroxyl groups is 2. The molecule has 14 heteroatoms. The highest BCUT2D eigenvalue weighted by Crippen LogP contribution is 2.08. The van der Waals surface area contributed by atoms with Gasteiger partial charge in [0.25, 0.3) is 0 Å². The quantitative estimate of drug-likeness (QED) is 0.0437. The first-order valence-corrected chi connectivity index (χ1v) is 20.7. The van der Waals surface area contributed by atoms with E-state index in [1.165, 1.54) is 32.1 Å². The van der Waals surface area contributed by atoms with Gasteiger partial charge in [-0.05, 0) is 39.5 Å². The normalized spacial score (nSPS) is 13.6. The van der Waals surface area contributed by atoms with Crippen LogP contribution in [0.2, 0.25) is 0 Å². The summed E-state index contributed by atoms with van der Waals surface area (Å²) in [6.07, 6.45) is 9.75. The van der Waals surface area contributed by atoms with Crippen molar-refractivity contribution in [3.8, 4) is 0 Å². The summed E-state index contributed by atoms with van der Waals surface area (Å²) in [5, 5.41) is 17.1. The van der Waals surface area contributed by atoms with Crippen molar-refractivity contribution in [1.82, 2.24) is 0 Å². The summed E-state index contributed by atoms with van der Waals surface area (Å²) in [7, 11) is 0. The first kappa shape index (κ1) is 57.4. The lowest BCUT2D eigenvalue weighted by molar-refractivity contribution is -0.150. The van der Waals surface area contributed by atoms with E-state index in [0.717, 1.165) is 25.7 Å². The van der Waals surface area contributed by atoms with Crippen LogP contribution in [0.3, 0.4) is 0 Å². The molecule has 0 radical (unpaired) electrons. The van der Waals surface area contributed by atoms with Crippen LogP contribution in [-0.4, -0.2) is 139 Å². The Morgan fingerprint density at radius 1 is 0.418 bits per heavy atom. The molecule has 330 valence electrons. The van der Waals surface area contributed by atoms with Crippen molar-refractivity contribution in [3.05, 3.63) is 0 Å². The van der Waals surface area contributed by atoms with E-state index in [1.807, 2.05) is 55.4 Å². The molecule has 0 bridgehead atoms. The Balaban J connectivity index is -0.000000747. The van der Waals surface area contributed by atoms with Crippen molar-refractivity contribution >= 4 is 17.9 Å². The summed E-state index contributed by atoms with van der Waals surface area (Å²) < 4.78 is 46.9. The first-order chi connectivity index (χ1) is 26.4. The van der Waals surface area contributed by atoms with Gasteiger partial charge in [-0.2, -0.15) is 0 Å². The van der Waals surface area contributed by atoms with E-state index in [1.54, 1.807) is 0 Å². The smallest absolute Gasteiger partial charge is 0.308 e. The minimum absolute atomic E-state index is 0.0167. The van der Waals surface area contributed by atoms with Crippen molar-refractivity contribution < 1.29 is 67.2 Å². The van der Waals surface area contributed by atoms with Crippen LogP contribution in [0.4, 0.5) is 0 Å². The number of aliphatic hydroxyl groups excluding tert-OH is 2. The Morgan fingerprint density at radius 3 is 1.11 bits per heavy atom. The summed E-state index contributed by atoms with van der Waals surface area (Å²) in [5.41, 5.74) is 0. The summed E-state index contributed by atoms with van der Waals surface area (Å²) in [6, 6.07) is 0. The van der Waals surface area contributed by atoms with Crippen LogP contribution < -0.4 is 0 Å². The van der Waals surface area contributed by atoms with Gasteiger partial charge >= 0.3 is 17.9 Å². The molecule has 0 aliphatic heterocycles. The second-order valence-corrected chi connectivity index (χ2v) is 13.4. The van der Waals surface area contributed by atoms with Crippen molar-refractivity contribution in [2.24, 2.45) is 17.8 Å². The molecule has 0 aliphatic carbocycles. The number of rotatable bonds is 35. The molecule has 0 aromatic heterocycles. The molecule has 0 heterocycles. The highest BCUT2D eigenvalue weighted by molar-refractivity contribution is 5.72. The third kappa shape index (κ3) is 43.1. The van der Waals surface area contributed by atoms with Crippen LogP contribution in [0.1, 0.15) is 120 Å². The molecule has 55 heavy (non-hydrogen) atoms. The second kappa shape index (κ2) is 44.8. The van der Waals surface area contributed by atoms with E-state index >= 15 is 0 Å². The fraction of sp³-hybridized carbons (Fsp3) is 0.927. The van der Waals surface area contributed by atoms with E-state index in [2.05, 4.69) is 6.92 Å². The lowest BCUT2D eigenvalue weighted by Gasteiger charge is -2.13. The zero-order valence-electron chi connectivity index (χ0n) is 36.2. The van der Waals surface area contributed by atoms with Crippen LogP contribution >= 0.6 is 0 Å². The van der Waals surface area contributed by atoms with Gasteiger partial charge in [-0.15, -0.1) is 0 Å². The topological polar surface area (TPSA) is 175 Å². The Kier molecular flexibility index (Phi) is 46.8. The number of unbranched alkanes of at least 4 members (excludes halogenated alkanes) is 5. The Hall–Kier alpha value is -1.91. The molecule has 0 spiro atoms. The van der Waals surface area contributed by atoms with Gasteiger partial charge in [0.1, 0.15) is 13.2 Å². The number of hydrogen-bond donors (Lipinski definition) is 2. The second-order valence-electron chi connectivity index (χ2n) is 13.4. The molecule has 0 amide bonds. The average Bonchev–Trinajstić information content (AvgIpc) is 3.19. The number of carbonyl (C=O) groups excluding carboxylic acids is 3. The molecule has 0 fully saturated rings. The van der Waals surface area contributed by atoms with Crippen LogP contribution in [0.25, 0.3) is 0 Å². The van der Waals surface area contributed by atoms with Crippen molar-refractivity contribution in [2.75, 3.05) is 99.1 Å². The van der Waals surface area contributed by atoms with Gasteiger partial charge in [0.05, 0.1) is 116 Å². The van der Waals surface area contributed by atoms with Crippen LogP contribution in [0.5, 0.6) is 0 Å². The molecule has 5 atom stereocenters. The number of ether oxygens (including phenoxy) is 9. The molecular formula is C41H82O14. The third-order valence-corrected chi connectivity index (χ3v) is 8.17. The highest BCUT2D eigenvalue weighted by Gasteiger charge is 2.13. The van der Waals surface area contributed by atoms with Crippen molar-refractivity contribution in [3.63, 3.8) is 0 Å². The summed E-state index contributed by atoms with van der Waals surface area (Å²) >= 11 is 0. The maximum Gasteiger partial charge on any atom is 0.308 e. The molecule has 0 rings (SSSR count). The van der Waals surface area contributed by atoms with Gasteiger partial charge in [0.15, 0.2) is 0 Å². The van der Waals surface area contributed by atoms with Crippen molar-refractivity contribution in [2.45, 2.75) is 132 Å². The summed E-state index contributed by atoms with van der Waals surface area (Å²) in [6.45, 7) is 22.8. The Bertz CT molecular complexity index is 783. The van der Waals surface area contributed by atoms with E-state index < -0.39 is 0 Å². The molecule has 0 aromatic carbocycles. The lowest BCUT2D eigenvalue weighted by atomic mass is 10.1. The van der Waals surface area contributed by atoms with Crippen LogP contribution in [0.15, 0.2) is 0 Å². The molecule has 5 unspecified atom stereocenters. The lowest BCUT2D eigenvalue weighted by Crippen LogP contribution is -2.20. The maximum atomic E-state index is 11.3. The zero-order chi connectivity index (χ0) is 42.0. The van der Waals surface area contributed by atoms with E-state index in [-0.39, 0.29) is 74.3 Å². The monoisotopic (exact) mass is 799 g/mol. The number of esters is 3. The van der Waals surface area contributed by atoms with Crippen molar-refractivity contribution in [1.29, 1.82) is 0 Å². The predicted molar refractivity (Wildman–Crippen MR) is 213 cm³/mol. The van der Waals surface area contributed by atoms with Crippen LogP contribution in [0, 0.1) is 17.8 Å². The molecule has 0 aliphatic rings. The highest BCUT2D eigenvalue weighted by atomic mass is 16.6. The first-order valence-electron chi connectivity index (χ1n) is 20.7. The largest absolute Gasteiger partial charge is 0.465 e. The van der Waals surface area contributed by atoms with Gasteiger partial charge in [0.2, 0.25) is 0 Å². The average molecular weight is 799 g/mol. The van der Waals surface area contributed by atoms with Gasteiger partial charge in [-0.1, -0.05) is 80.6 Å². The fourth-order valence-electron chi connectivity index (χ4n) is 3.93. The predicted octanol–water partition coefficient (Wildman–Crippen LogP) is 5.95. The Morgan fingerprint density at radius 2 is 0.745 bits per heavy atom. The molecule has 0 saturated carbocycles. The fourth-order valence-corrected chi connectivity index (χ4v) is 3.93. The molecule has 14 nitrogen and oxygen atoms in total. The molecule has 2 N–H and O–H groups in total.